The van der Waals surface area contributed by atoms with Crippen molar-refractivity contribution in [3.63, 3.8) is 0 Å². The Bertz CT molecular complexity index is 1700. The summed E-state index contributed by atoms with van der Waals surface area (Å²) < 4.78 is 5.89. The Morgan fingerprint density at radius 2 is 1.31 bits per heavy atom. The first kappa shape index (κ1) is 50.3. The molecule has 3 rings (SSSR count). The molecule has 0 unspecified atom stereocenters. The fourth-order valence-electron chi connectivity index (χ4n) is 7.53. The van der Waals surface area contributed by atoms with E-state index in [0.29, 0.717) is 30.7 Å². The highest BCUT2D eigenvalue weighted by Gasteiger charge is 2.43. The van der Waals surface area contributed by atoms with Gasteiger partial charge in [-0.2, -0.15) is 0 Å². The van der Waals surface area contributed by atoms with Crippen molar-refractivity contribution in [2.75, 3.05) is 6.54 Å². The summed E-state index contributed by atoms with van der Waals surface area (Å²) in [4.78, 5) is 113. The monoisotopic (exact) mass is 854 g/mol. The molecule has 16 heteroatoms. The summed E-state index contributed by atoms with van der Waals surface area (Å²) in [5.41, 5.74) is 0.701. The van der Waals surface area contributed by atoms with E-state index in [1.54, 1.807) is 79.7 Å². The van der Waals surface area contributed by atoms with Crippen LogP contribution in [0.25, 0.3) is 0 Å². The molecular formula is C45H71N7O9. The maximum atomic E-state index is 14.6. The maximum absolute atomic E-state index is 14.6. The molecule has 2 aliphatic rings. The lowest BCUT2D eigenvalue weighted by molar-refractivity contribution is -0.157. The van der Waals surface area contributed by atoms with Crippen LogP contribution in [0.2, 0.25) is 0 Å². The number of carbonyl (C=O) groups is 8. The second-order valence-corrected chi connectivity index (χ2v) is 18.3. The lowest BCUT2D eigenvalue weighted by atomic mass is 9.98. The molecule has 0 bridgehead atoms. The lowest BCUT2D eigenvalue weighted by Gasteiger charge is -2.32. The molecule has 2 fully saturated rings. The Balaban J connectivity index is 2.14. The molecular weight excluding hydrogens is 783 g/mol. The minimum atomic E-state index is -1.58. The number of cyclic esters (lactones) is 1. The van der Waals surface area contributed by atoms with Gasteiger partial charge < -0.3 is 41.5 Å². The summed E-state index contributed by atoms with van der Waals surface area (Å²) in [5.74, 6) is -6.58. The van der Waals surface area contributed by atoms with E-state index in [0.717, 1.165) is 6.42 Å². The summed E-state index contributed by atoms with van der Waals surface area (Å²) in [6.45, 7) is 19.6. The molecule has 0 saturated carbocycles. The molecule has 7 amide bonds. The zero-order chi connectivity index (χ0) is 45.7. The van der Waals surface area contributed by atoms with Crippen LogP contribution in [-0.4, -0.2) is 107 Å². The lowest BCUT2D eigenvalue weighted by Crippen LogP contribution is -2.62. The summed E-state index contributed by atoms with van der Waals surface area (Å²) in [5, 5.41) is 16.6. The fourth-order valence-corrected chi connectivity index (χ4v) is 7.53. The smallest absolute Gasteiger partial charge is 0.329 e. The number of benzene rings is 1. The van der Waals surface area contributed by atoms with Crippen LogP contribution in [0.5, 0.6) is 0 Å². The van der Waals surface area contributed by atoms with E-state index >= 15 is 0 Å². The van der Waals surface area contributed by atoms with Gasteiger partial charge in [0.1, 0.15) is 48.4 Å². The van der Waals surface area contributed by atoms with Crippen LogP contribution in [0.4, 0.5) is 0 Å². The molecule has 61 heavy (non-hydrogen) atoms. The number of hydrogen-bond donors (Lipinski definition) is 6. The van der Waals surface area contributed by atoms with E-state index in [-0.39, 0.29) is 25.3 Å². The third-order valence-corrected chi connectivity index (χ3v) is 11.3. The minimum Gasteiger partial charge on any atom is -0.458 e. The van der Waals surface area contributed by atoms with Crippen molar-refractivity contribution in [1.29, 1.82) is 0 Å². The summed E-state index contributed by atoms with van der Waals surface area (Å²) in [6.07, 6.45) is 1.08. The van der Waals surface area contributed by atoms with Crippen molar-refractivity contribution >= 4 is 47.3 Å². The van der Waals surface area contributed by atoms with Crippen molar-refractivity contribution in [3.8, 4) is 0 Å². The molecule has 8 atom stereocenters. The quantitative estimate of drug-likeness (QED) is 0.160. The third-order valence-electron chi connectivity index (χ3n) is 11.3. The molecule has 1 aromatic carbocycles. The number of amides is 7. The predicted molar refractivity (Wildman–Crippen MR) is 230 cm³/mol. The molecule has 0 aliphatic carbocycles. The largest absolute Gasteiger partial charge is 0.458 e. The van der Waals surface area contributed by atoms with Gasteiger partial charge in [0, 0.05) is 19.4 Å². The van der Waals surface area contributed by atoms with Crippen LogP contribution in [0.15, 0.2) is 30.3 Å². The third kappa shape index (κ3) is 14.6. The Kier molecular flexibility index (Phi) is 19.2. The zero-order valence-corrected chi connectivity index (χ0v) is 38.0. The van der Waals surface area contributed by atoms with Gasteiger partial charge in [-0.15, -0.1) is 0 Å². The van der Waals surface area contributed by atoms with Gasteiger partial charge in [-0.25, -0.2) is 4.79 Å². The molecule has 2 heterocycles. The van der Waals surface area contributed by atoms with Crippen molar-refractivity contribution in [1.82, 2.24) is 36.8 Å². The van der Waals surface area contributed by atoms with Crippen molar-refractivity contribution in [3.05, 3.63) is 35.9 Å². The van der Waals surface area contributed by atoms with E-state index in [4.69, 9.17) is 4.74 Å². The standard InChI is InChI=1S/C45H71N7O9/c1-24(2)17-15-21-33(53)47-34(25(3)4)40(55)51-38-29(11)61-45(60)37(28(9)10)50-42(57)36(27(7)8)49-41(56)35(26(5)6)48-39(54)32-20-16-22-52(32)44(59)31(46-43(38)58)23-30-18-13-12-14-19-30/h12-14,18-19,24-29,31-32,34-38H,15-17,20-23H2,1-11H3,(H,46,58)(H,47,53)(H,48,54)(H,49,56)(H,50,57)(H,51,55)/t29-,31-,32+,34+,35+,36+,37+,38+/m1/s1. The number of hydrogen-bond acceptors (Lipinski definition) is 9. The van der Waals surface area contributed by atoms with Gasteiger partial charge in [-0.05, 0) is 61.3 Å². The molecule has 0 radical (unpaired) electrons. The first-order valence-electron chi connectivity index (χ1n) is 22.0. The maximum Gasteiger partial charge on any atom is 0.329 e. The highest BCUT2D eigenvalue weighted by molar-refractivity contribution is 5.98. The summed E-state index contributed by atoms with van der Waals surface area (Å²) >= 11 is 0. The first-order valence-corrected chi connectivity index (χ1v) is 22.0. The van der Waals surface area contributed by atoms with Gasteiger partial charge in [0.05, 0.1) is 0 Å². The first-order chi connectivity index (χ1) is 28.6. The molecule has 0 aromatic heterocycles. The molecule has 16 nitrogen and oxygen atoms in total. The Labute approximate surface area is 361 Å². The number of nitrogens with zero attached hydrogens (tertiary/aromatic N) is 1. The number of esters is 1. The van der Waals surface area contributed by atoms with Crippen LogP contribution in [0.3, 0.4) is 0 Å². The summed E-state index contributed by atoms with van der Waals surface area (Å²) in [6, 6.07) is 0.669. The highest BCUT2D eigenvalue weighted by atomic mass is 16.5. The topological polar surface area (TPSA) is 221 Å². The van der Waals surface area contributed by atoms with E-state index in [2.05, 4.69) is 45.7 Å². The highest BCUT2D eigenvalue weighted by Crippen LogP contribution is 2.22. The Morgan fingerprint density at radius 3 is 1.85 bits per heavy atom. The van der Waals surface area contributed by atoms with Crippen LogP contribution < -0.4 is 31.9 Å². The van der Waals surface area contributed by atoms with Gasteiger partial charge >= 0.3 is 5.97 Å². The minimum absolute atomic E-state index is 0.0151. The zero-order valence-electron chi connectivity index (χ0n) is 38.0. The van der Waals surface area contributed by atoms with Crippen molar-refractivity contribution < 1.29 is 43.1 Å². The number of rotatable bonds is 13. The fraction of sp³-hybridized carbons (Fsp3) is 0.689. The Hall–Kier alpha value is -5.02. The van der Waals surface area contributed by atoms with E-state index < -0.39 is 113 Å². The Morgan fingerprint density at radius 1 is 0.754 bits per heavy atom. The molecule has 2 saturated heterocycles. The normalized spacial score (nSPS) is 25.5. The van der Waals surface area contributed by atoms with Gasteiger partial charge in [0.15, 0.2) is 0 Å². The van der Waals surface area contributed by atoms with E-state index in [1.807, 2.05) is 6.07 Å². The van der Waals surface area contributed by atoms with Crippen LogP contribution in [0.1, 0.15) is 114 Å². The van der Waals surface area contributed by atoms with Gasteiger partial charge in [-0.1, -0.05) is 106 Å². The second-order valence-electron chi connectivity index (χ2n) is 18.3. The van der Waals surface area contributed by atoms with Gasteiger partial charge in [-0.3, -0.25) is 33.6 Å². The molecule has 0 spiro atoms. The number of carbonyl (C=O) groups excluding carboxylic acids is 8. The van der Waals surface area contributed by atoms with E-state index in [1.165, 1.54) is 11.8 Å². The van der Waals surface area contributed by atoms with Crippen LogP contribution in [0, 0.1) is 29.6 Å². The molecule has 2 aliphatic heterocycles. The number of ether oxygens (including phenoxy) is 1. The second kappa shape index (κ2) is 23.3. The number of fused-ring (bicyclic) bond motifs is 1. The summed E-state index contributed by atoms with van der Waals surface area (Å²) in [7, 11) is 0. The van der Waals surface area contributed by atoms with E-state index in [9.17, 15) is 38.4 Å². The van der Waals surface area contributed by atoms with Gasteiger partial charge in [0.2, 0.25) is 41.4 Å². The SMILES string of the molecule is CC(C)CCCC(=O)N[C@H](C(=O)N[C@@H]1C(=O)N[C@H](Cc2ccccc2)C(=O)N2CCC[C@H]2C(=O)N[C@@H](C(C)C)C(=O)N[C@@H](C(C)C)C(=O)N[C@@H](C(C)C)C(=O)O[C@@H]1C)C(C)C. The average molecular weight is 854 g/mol. The van der Waals surface area contributed by atoms with Crippen LogP contribution >= 0.6 is 0 Å². The van der Waals surface area contributed by atoms with Gasteiger partial charge in [0.25, 0.3) is 0 Å². The van der Waals surface area contributed by atoms with Crippen LogP contribution in [-0.2, 0) is 49.5 Å². The predicted octanol–water partition coefficient (Wildman–Crippen LogP) is 2.52. The average Bonchev–Trinajstić information content (AvgIpc) is 3.68. The number of nitrogens with one attached hydrogen (secondary N) is 6. The molecule has 340 valence electrons. The molecule has 6 N–H and O–H groups in total. The molecule has 1 aromatic rings. The van der Waals surface area contributed by atoms with Crippen molar-refractivity contribution in [2.24, 2.45) is 29.6 Å². The van der Waals surface area contributed by atoms with Crippen molar-refractivity contribution in [2.45, 2.75) is 163 Å².